The molecular weight excluding hydrogens is 294 g/mol. The maximum atomic E-state index is 12.6. The molecule has 1 aliphatic rings. The number of imidazole rings is 1. The third-order valence-corrected chi connectivity index (χ3v) is 4.12. The van der Waals surface area contributed by atoms with Gasteiger partial charge in [-0.1, -0.05) is 18.2 Å². The van der Waals surface area contributed by atoms with Crippen molar-refractivity contribution in [2.75, 3.05) is 13.3 Å². The third-order valence-electron chi connectivity index (χ3n) is 4.12. The van der Waals surface area contributed by atoms with Crippen LogP contribution in [0.2, 0.25) is 0 Å². The van der Waals surface area contributed by atoms with Crippen molar-refractivity contribution in [1.82, 2.24) is 14.5 Å². The van der Waals surface area contributed by atoms with Gasteiger partial charge < -0.3 is 9.15 Å². The lowest BCUT2D eigenvalue weighted by atomic mass is 10.1. The Kier molecular flexibility index (Phi) is 3.02. The Morgan fingerprint density at radius 3 is 2.87 bits per heavy atom. The molecule has 6 nitrogen and oxygen atoms in total. The number of hydrogen-bond acceptors (Lipinski definition) is 4. The normalized spacial score (nSPS) is 17.0. The van der Waals surface area contributed by atoms with E-state index in [9.17, 15) is 4.79 Å². The van der Waals surface area contributed by atoms with Gasteiger partial charge in [0.15, 0.2) is 5.76 Å². The van der Waals surface area contributed by atoms with Crippen LogP contribution in [0.4, 0.5) is 4.79 Å². The van der Waals surface area contributed by atoms with Crippen LogP contribution in [-0.4, -0.2) is 39.4 Å². The monoisotopic (exact) mass is 311 g/mol. The average molecular weight is 311 g/mol. The van der Waals surface area contributed by atoms with Crippen LogP contribution >= 0.6 is 0 Å². The number of fused-ring (bicyclic) bond motifs is 1. The van der Waals surface area contributed by atoms with Gasteiger partial charge in [0.25, 0.3) is 0 Å². The Bertz CT molecular complexity index is 845. The first-order valence-electron chi connectivity index (χ1n) is 7.47. The number of benzene rings is 1. The SMILES string of the molecule is CC1(C)COCN1C(=O)n1cnc(-c2cc3ccccc3o2)c1. The van der Waals surface area contributed by atoms with Crippen molar-refractivity contribution in [1.29, 1.82) is 0 Å². The Morgan fingerprint density at radius 2 is 2.13 bits per heavy atom. The van der Waals surface area contributed by atoms with E-state index in [0.717, 1.165) is 11.0 Å². The summed E-state index contributed by atoms with van der Waals surface area (Å²) < 4.78 is 12.7. The lowest BCUT2D eigenvalue weighted by Gasteiger charge is -2.28. The van der Waals surface area contributed by atoms with Crippen molar-refractivity contribution in [3.05, 3.63) is 42.9 Å². The number of hydrogen-bond donors (Lipinski definition) is 0. The lowest BCUT2D eigenvalue weighted by molar-refractivity contribution is 0.140. The van der Waals surface area contributed by atoms with E-state index in [0.29, 0.717) is 24.8 Å². The van der Waals surface area contributed by atoms with Crippen LogP contribution in [0.1, 0.15) is 13.8 Å². The van der Waals surface area contributed by atoms with Gasteiger partial charge in [0.05, 0.1) is 12.1 Å². The predicted octanol–water partition coefficient (Wildman–Crippen LogP) is 3.33. The standard InChI is InChI=1S/C17H17N3O3/c1-17(2)9-22-11-20(17)16(21)19-8-13(18-10-19)15-7-12-5-3-4-6-14(12)23-15/h3-8,10H,9,11H2,1-2H3. The van der Waals surface area contributed by atoms with E-state index in [4.69, 9.17) is 9.15 Å². The molecule has 23 heavy (non-hydrogen) atoms. The number of ether oxygens (including phenoxy) is 1. The van der Waals surface area contributed by atoms with Crippen molar-refractivity contribution in [2.45, 2.75) is 19.4 Å². The zero-order chi connectivity index (χ0) is 16.0. The maximum absolute atomic E-state index is 12.6. The fourth-order valence-corrected chi connectivity index (χ4v) is 2.76. The van der Waals surface area contributed by atoms with E-state index in [1.165, 1.54) is 10.9 Å². The summed E-state index contributed by atoms with van der Waals surface area (Å²) in [5, 5.41) is 1.01. The van der Waals surface area contributed by atoms with Gasteiger partial charge in [-0.25, -0.2) is 9.78 Å². The Balaban J connectivity index is 1.65. The van der Waals surface area contributed by atoms with Gasteiger partial charge in [0, 0.05) is 11.6 Å². The molecule has 3 aromatic rings. The number of furan rings is 1. The molecule has 0 atom stereocenters. The molecule has 0 bridgehead atoms. The molecule has 0 radical (unpaired) electrons. The number of carbonyl (C=O) groups is 1. The summed E-state index contributed by atoms with van der Waals surface area (Å²) >= 11 is 0. The molecule has 2 aromatic heterocycles. The Labute approximate surface area is 133 Å². The molecule has 0 saturated carbocycles. The van der Waals surface area contributed by atoms with Gasteiger partial charge in [0.2, 0.25) is 0 Å². The smallest absolute Gasteiger partial charge is 0.331 e. The molecule has 0 unspecified atom stereocenters. The van der Waals surface area contributed by atoms with Crippen molar-refractivity contribution in [3.63, 3.8) is 0 Å². The molecule has 1 amide bonds. The van der Waals surface area contributed by atoms with E-state index in [2.05, 4.69) is 4.98 Å². The van der Waals surface area contributed by atoms with Gasteiger partial charge in [-0.15, -0.1) is 0 Å². The minimum Gasteiger partial charge on any atom is -0.454 e. The molecule has 0 N–H and O–H groups in total. The van der Waals surface area contributed by atoms with Crippen LogP contribution in [0, 0.1) is 0 Å². The molecule has 6 heteroatoms. The largest absolute Gasteiger partial charge is 0.454 e. The van der Waals surface area contributed by atoms with Gasteiger partial charge in [-0.2, -0.15) is 0 Å². The highest BCUT2D eigenvalue weighted by molar-refractivity contribution is 5.83. The van der Waals surface area contributed by atoms with Crippen molar-refractivity contribution in [3.8, 4) is 11.5 Å². The fraction of sp³-hybridized carbons (Fsp3) is 0.294. The molecule has 118 valence electrons. The number of nitrogens with zero attached hydrogens (tertiary/aromatic N) is 3. The van der Waals surface area contributed by atoms with E-state index in [1.54, 1.807) is 11.1 Å². The lowest BCUT2D eigenvalue weighted by Crippen LogP contribution is -2.45. The van der Waals surface area contributed by atoms with Gasteiger partial charge in [-0.05, 0) is 26.0 Å². The van der Waals surface area contributed by atoms with E-state index in [-0.39, 0.29) is 11.6 Å². The third kappa shape index (κ3) is 2.31. The molecular formula is C17H17N3O3. The summed E-state index contributed by atoms with van der Waals surface area (Å²) in [5.74, 6) is 0.648. The molecule has 1 aromatic carbocycles. The molecule has 3 heterocycles. The Morgan fingerprint density at radius 1 is 1.30 bits per heavy atom. The second kappa shape index (κ2) is 4.96. The van der Waals surface area contributed by atoms with Crippen LogP contribution in [0.15, 0.2) is 47.3 Å². The number of amides is 1. The number of aromatic nitrogens is 2. The average Bonchev–Trinajstić information content (AvgIpc) is 3.22. The summed E-state index contributed by atoms with van der Waals surface area (Å²) in [6.07, 6.45) is 3.20. The second-order valence-electron chi connectivity index (χ2n) is 6.32. The van der Waals surface area contributed by atoms with Crippen molar-refractivity contribution in [2.24, 2.45) is 0 Å². The highest BCUT2D eigenvalue weighted by Crippen LogP contribution is 2.27. The number of rotatable bonds is 1. The number of para-hydroxylation sites is 1. The molecule has 1 aliphatic heterocycles. The van der Waals surface area contributed by atoms with Crippen LogP contribution in [0.3, 0.4) is 0 Å². The van der Waals surface area contributed by atoms with E-state index >= 15 is 0 Å². The first-order chi connectivity index (χ1) is 11.0. The van der Waals surface area contributed by atoms with Crippen LogP contribution in [0.5, 0.6) is 0 Å². The van der Waals surface area contributed by atoms with Crippen LogP contribution < -0.4 is 0 Å². The van der Waals surface area contributed by atoms with Gasteiger partial charge >= 0.3 is 6.03 Å². The fourth-order valence-electron chi connectivity index (χ4n) is 2.76. The minimum atomic E-state index is -0.319. The van der Waals surface area contributed by atoms with Crippen molar-refractivity contribution < 1.29 is 13.9 Å². The van der Waals surface area contributed by atoms with Crippen LogP contribution in [-0.2, 0) is 4.74 Å². The van der Waals surface area contributed by atoms with Crippen molar-refractivity contribution >= 4 is 17.0 Å². The summed E-state index contributed by atoms with van der Waals surface area (Å²) in [6, 6.07) is 9.55. The zero-order valence-corrected chi connectivity index (χ0v) is 13.0. The molecule has 0 aliphatic carbocycles. The van der Waals surface area contributed by atoms with Gasteiger partial charge in [0.1, 0.15) is 24.3 Å². The number of carbonyl (C=O) groups excluding carboxylic acids is 1. The summed E-state index contributed by atoms with van der Waals surface area (Å²) in [4.78, 5) is 18.6. The minimum absolute atomic E-state index is 0.151. The first kappa shape index (κ1) is 14.0. The topological polar surface area (TPSA) is 60.5 Å². The summed E-state index contributed by atoms with van der Waals surface area (Å²) in [6.45, 7) is 4.79. The van der Waals surface area contributed by atoms with E-state index < -0.39 is 0 Å². The predicted molar refractivity (Wildman–Crippen MR) is 85.0 cm³/mol. The summed E-state index contributed by atoms with van der Waals surface area (Å²) in [7, 11) is 0. The highest BCUT2D eigenvalue weighted by atomic mass is 16.5. The molecule has 1 fully saturated rings. The molecule has 4 rings (SSSR count). The van der Waals surface area contributed by atoms with Gasteiger partial charge in [-0.3, -0.25) is 9.47 Å². The molecule has 0 spiro atoms. The maximum Gasteiger partial charge on any atom is 0.331 e. The quantitative estimate of drug-likeness (QED) is 0.691. The molecule has 1 saturated heterocycles. The highest BCUT2D eigenvalue weighted by Gasteiger charge is 2.37. The van der Waals surface area contributed by atoms with Crippen LogP contribution in [0.25, 0.3) is 22.4 Å². The van der Waals surface area contributed by atoms with E-state index in [1.807, 2.05) is 44.2 Å². The second-order valence-corrected chi connectivity index (χ2v) is 6.32. The Hall–Kier alpha value is -2.60. The summed E-state index contributed by atoms with van der Waals surface area (Å²) in [5.41, 5.74) is 1.12. The first-order valence-corrected chi connectivity index (χ1v) is 7.47. The zero-order valence-electron chi connectivity index (χ0n) is 13.0.